The molecule has 6 nitrogen and oxygen atoms in total. The monoisotopic (exact) mass is 662 g/mol. The molecule has 0 saturated heterocycles. The summed E-state index contributed by atoms with van der Waals surface area (Å²) in [7, 11) is 0. The summed E-state index contributed by atoms with van der Waals surface area (Å²) in [5, 5.41) is 0. The fourth-order valence-corrected chi connectivity index (χ4v) is 5.22. The van der Waals surface area contributed by atoms with Crippen molar-refractivity contribution < 1.29 is 28.5 Å². The molecule has 0 aliphatic carbocycles. The maximum atomic E-state index is 13.8. The van der Waals surface area contributed by atoms with Gasteiger partial charge >= 0.3 is 5.97 Å². The van der Waals surface area contributed by atoms with Crippen molar-refractivity contribution in [2.24, 2.45) is 0 Å². The Hall–Kier alpha value is -6.27. The second-order valence-electron chi connectivity index (χ2n) is 11.5. The molecule has 0 amide bonds. The van der Waals surface area contributed by atoms with Crippen LogP contribution in [0.3, 0.4) is 0 Å². The van der Waals surface area contributed by atoms with Crippen LogP contribution < -0.4 is 23.7 Å². The third-order valence-electron chi connectivity index (χ3n) is 7.83. The molecule has 6 heteroatoms. The molecular weight excluding hydrogens is 624 g/mol. The van der Waals surface area contributed by atoms with Crippen LogP contribution in [0.1, 0.15) is 38.2 Å². The molecule has 6 aromatic carbocycles. The van der Waals surface area contributed by atoms with Gasteiger partial charge in [0.1, 0.15) is 43.7 Å². The maximum Gasteiger partial charge on any atom is 0.343 e. The average Bonchev–Trinajstić information content (AvgIpc) is 3.17. The largest absolute Gasteiger partial charge is 0.489 e. The predicted molar refractivity (Wildman–Crippen MR) is 195 cm³/mol. The van der Waals surface area contributed by atoms with Crippen LogP contribution >= 0.6 is 0 Å². The van der Waals surface area contributed by atoms with Gasteiger partial charge in [0.2, 0.25) is 0 Å². The lowest BCUT2D eigenvalue weighted by molar-refractivity contribution is 0.0731. The van der Waals surface area contributed by atoms with Gasteiger partial charge in [-0.25, -0.2) is 4.79 Å². The highest BCUT2D eigenvalue weighted by Crippen LogP contribution is 2.37. The molecule has 0 saturated carbocycles. The molecule has 0 N–H and O–H groups in total. The van der Waals surface area contributed by atoms with Gasteiger partial charge in [-0.3, -0.25) is 0 Å². The van der Waals surface area contributed by atoms with Gasteiger partial charge in [-0.1, -0.05) is 127 Å². The van der Waals surface area contributed by atoms with E-state index in [2.05, 4.69) is 6.58 Å². The number of hydrogen-bond acceptors (Lipinski definition) is 6. The first kappa shape index (κ1) is 33.6. The molecule has 6 aromatic rings. The van der Waals surface area contributed by atoms with E-state index >= 15 is 0 Å². The van der Waals surface area contributed by atoms with Gasteiger partial charge in [0.15, 0.2) is 11.5 Å². The van der Waals surface area contributed by atoms with E-state index in [-0.39, 0.29) is 0 Å². The van der Waals surface area contributed by atoms with Gasteiger partial charge in [0.05, 0.1) is 5.56 Å². The van der Waals surface area contributed by atoms with Crippen LogP contribution in [0.15, 0.2) is 164 Å². The van der Waals surface area contributed by atoms with Crippen molar-refractivity contribution in [3.05, 3.63) is 198 Å². The van der Waals surface area contributed by atoms with Gasteiger partial charge < -0.3 is 23.7 Å². The topological polar surface area (TPSA) is 63.2 Å². The number of ether oxygens (including phenoxy) is 5. The molecule has 0 radical (unpaired) electrons. The highest BCUT2D eigenvalue weighted by Gasteiger charge is 2.20. The van der Waals surface area contributed by atoms with Crippen molar-refractivity contribution in [2.45, 2.75) is 32.8 Å². The smallest absolute Gasteiger partial charge is 0.343 e. The minimum absolute atomic E-state index is 0.298. The highest BCUT2D eigenvalue weighted by atomic mass is 16.5. The molecule has 0 spiro atoms. The van der Waals surface area contributed by atoms with E-state index in [1.807, 2.05) is 127 Å². The molecule has 0 fully saturated rings. The molecule has 0 atom stereocenters. The average molecular weight is 663 g/mol. The van der Waals surface area contributed by atoms with E-state index in [1.54, 1.807) is 30.3 Å². The van der Waals surface area contributed by atoms with Crippen LogP contribution in [-0.4, -0.2) is 5.97 Å². The van der Waals surface area contributed by atoms with Gasteiger partial charge in [-0.2, -0.15) is 0 Å². The Labute approximate surface area is 293 Å². The maximum absolute atomic E-state index is 13.8. The van der Waals surface area contributed by atoms with E-state index in [0.29, 0.717) is 72.7 Å². The van der Waals surface area contributed by atoms with Crippen molar-refractivity contribution in [2.75, 3.05) is 0 Å². The van der Waals surface area contributed by atoms with E-state index in [4.69, 9.17) is 23.7 Å². The lowest BCUT2D eigenvalue weighted by Gasteiger charge is -2.18. The Bertz CT molecular complexity index is 1980. The quantitative estimate of drug-likeness (QED) is 0.0584. The van der Waals surface area contributed by atoms with Crippen LogP contribution in [0.4, 0.5) is 0 Å². The summed E-state index contributed by atoms with van der Waals surface area (Å²) in [5.41, 5.74) is 4.99. The number of carbonyl (C=O) groups is 1. The molecule has 50 heavy (non-hydrogen) atoms. The second-order valence-corrected chi connectivity index (χ2v) is 11.5. The Morgan fingerprint density at radius 1 is 0.480 bits per heavy atom. The van der Waals surface area contributed by atoms with E-state index < -0.39 is 5.97 Å². The zero-order valence-corrected chi connectivity index (χ0v) is 27.7. The third kappa shape index (κ3) is 9.42. The van der Waals surface area contributed by atoms with Crippen LogP contribution in [-0.2, 0) is 32.8 Å². The van der Waals surface area contributed by atoms with Crippen LogP contribution in [0, 0.1) is 0 Å². The predicted octanol–water partition coefficient (Wildman–Crippen LogP) is 9.95. The fraction of sp³-hybridized carbons (Fsp3) is 0.114. The minimum atomic E-state index is -0.566. The molecule has 0 unspecified atom stereocenters. The second kappa shape index (κ2) is 17.2. The van der Waals surface area contributed by atoms with Gasteiger partial charge in [-0.05, 0) is 46.9 Å². The molecule has 0 heterocycles. The number of benzene rings is 6. The van der Waals surface area contributed by atoms with Crippen molar-refractivity contribution >= 4 is 5.97 Å². The van der Waals surface area contributed by atoms with Crippen LogP contribution in [0.5, 0.6) is 28.7 Å². The Balaban J connectivity index is 1.28. The number of allylic oxidation sites excluding steroid dienone is 1. The summed E-state index contributed by atoms with van der Waals surface area (Å²) in [6.07, 6.45) is 2.16. The summed E-state index contributed by atoms with van der Waals surface area (Å²) in [6, 6.07) is 48.0. The van der Waals surface area contributed by atoms with Crippen molar-refractivity contribution in [1.82, 2.24) is 0 Å². The van der Waals surface area contributed by atoms with Gasteiger partial charge in [-0.15, -0.1) is 6.58 Å². The summed E-state index contributed by atoms with van der Waals surface area (Å²) in [4.78, 5) is 13.8. The third-order valence-corrected chi connectivity index (χ3v) is 7.83. The van der Waals surface area contributed by atoms with Gasteiger partial charge in [0, 0.05) is 17.7 Å². The van der Waals surface area contributed by atoms with Crippen LogP contribution in [0.25, 0.3) is 0 Å². The Kier molecular flexibility index (Phi) is 11.6. The number of esters is 1. The van der Waals surface area contributed by atoms with E-state index in [0.717, 1.165) is 22.3 Å². The normalized spacial score (nSPS) is 10.6. The zero-order valence-electron chi connectivity index (χ0n) is 27.7. The summed E-state index contributed by atoms with van der Waals surface area (Å²) >= 11 is 0. The summed E-state index contributed by atoms with van der Waals surface area (Å²) in [5.74, 6) is 1.74. The molecule has 6 rings (SSSR count). The summed E-state index contributed by atoms with van der Waals surface area (Å²) in [6.45, 7) is 5.25. The molecule has 0 aliphatic rings. The lowest BCUT2D eigenvalue weighted by atomic mass is 10.1. The fourth-order valence-electron chi connectivity index (χ4n) is 5.22. The molecule has 0 bridgehead atoms. The molecular formula is C44H38O6. The van der Waals surface area contributed by atoms with E-state index in [1.165, 1.54) is 0 Å². The standard InChI is InChI=1S/C44H38O6/c1-2-15-39-41(48-31-35-20-11-5-12-21-35)27-38(46-29-33-16-7-3-8-17-33)28-42(39)50-44(45)37-24-25-40(47-30-34-18-9-4-10-19-34)43(26-37)49-32-36-22-13-6-14-23-36/h2-14,16-28H,1,15,29-32H2. The Morgan fingerprint density at radius 3 is 1.42 bits per heavy atom. The molecule has 0 aliphatic heterocycles. The van der Waals surface area contributed by atoms with Crippen molar-refractivity contribution in [1.29, 1.82) is 0 Å². The van der Waals surface area contributed by atoms with Crippen molar-refractivity contribution in [3.63, 3.8) is 0 Å². The molecule has 0 aromatic heterocycles. The Morgan fingerprint density at radius 2 is 0.920 bits per heavy atom. The van der Waals surface area contributed by atoms with Crippen molar-refractivity contribution in [3.8, 4) is 28.7 Å². The van der Waals surface area contributed by atoms with E-state index in [9.17, 15) is 4.79 Å². The highest BCUT2D eigenvalue weighted by molar-refractivity contribution is 5.92. The first-order chi connectivity index (χ1) is 24.6. The number of carbonyl (C=O) groups excluding carboxylic acids is 1. The van der Waals surface area contributed by atoms with Gasteiger partial charge in [0.25, 0.3) is 0 Å². The summed E-state index contributed by atoms with van der Waals surface area (Å²) < 4.78 is 31.0. The zero-order chi connectivity index (χ0) is 34.4. The first-order valence-electron chi connectivity index (χ1n) is 16.5. The number of rotatable bonds is 16. The van der Waals surface area contributed by atoms with Crippen LogP contribution in [0.2, 0.25) is 0 Å². The number of hydrogen-bond donors (Lipinski definition) is 0. The molecule has 250 valence electrons. The lowest BCUT2D eigenvalue weighted by Crippen LogP contribution is -2.12. The SMILES string of the molecule is C=CCc1c(OCc2ccccc2)cc(OCc2ccccc2)cc1OC(=O)c1ccc(OCc2ccccc2)c(OCc2ccccc2)c1. The first-order valence-corrected chi connectivity index (χ1v) is 16.5. The minimum Gasteiger partial charge on any atom is -0.489 e.